The normalized spacial score (nSPS) is 17.3. The van der Waals surface area contributed by atoms with Crippen molar-refractivity contribution in [2.24, 2.45) is 0 Å². The van der Waals surface area contributed by atoms with Gasteiger partial charge in [-0.15, -0.1) is 11.8 Å². The van der Waals surface area contributed by atoms with Gasteiger partial charge in [-0.1, -0.05) is 23.7 Å². The number of hydrogen-bond donors (Lipinski definition) is 1. The number of benzene rings is 2. The van der Waals surface area contributed by atoms with Crippen LogP contribution in [-0.2, 0) is 10.0 Å². The van der Waals surface area contributed by atoms with Gasteiger partial charge in [0.1, 0.15) is 0 Å². The number of hydrogen-bond acceptors (Lipinski definition) is 5. The van der Waals surface area contributed by atoms with Crippen molar-refractivity contribution in [1.82, 2.24) is 4.72 Å². The molecule has 24 heavy (non-hydrogen) atoms. The molecule has 0 amide bonds. The van der Waals surface area contributed by atoms with Gasteiger partial charge in [-0.3, -0.25) is 10.1 Å². The smallest absolute Gasteiger partial charge is 0.258 e. The van der Waals surface area contributed by atoms with Gasteiger partial charge in [0.15, 0.2) is 4.90 Å². The standard InChI is InChI=1S/C15H13ClN2O4S2/c16-10-5-6-14-11(9-10)12(7-8-23-14)17-24(21,22)15-4-2-1-3-13(15)18(19)20/h1-6,9,12,17H,7-8H2. The highest BCUT2D eigenvalue weighted by Crippen LogP contribution is 2.38. The number of fused-ring (bicyclic) bond motifs is 1. The van der Waals surface area contributed by atoms with Crippen molar-refractivity contribution in [2.45, 2.75) is 22.3 Å². The van der Waals surface area contributed by atoms with Crippen LogP contribution in [0.2, 0.25) is 5.02 Å². The Morgan fingerprint density at radius 3 is 2.75 bits per heavy atom. The molecule has 0 radical (unpaired) electrons. The van der Waals surface area contributed by atoms with Crippen LogP contribution in [0.5, 0.6) is 0 Å². The summed E-state index contributed by atoms with van der Waals surface area (Å²) in [5.74, 6) is 0.749. The highest BCUT2D eigenvalue weighted by Gasteiger charge is 2.30. The van der Waals surface area contributed by atoms with E-state index in [0.717, 1.165) is 16.2 Å². The molecule has 2 aromatic carbocycles. The van der Waals surface area contributed by atoms with Crippen LogP contribution in [0.3, 0.4) is 0 Å². The Morgan fingerprint density at radius 2 is 2.00 bits per heavy atom. The van der Waals surface area contributed by atoms with Gasteiger partial charge in [-0.25, -0.2) is 13.1 Å². The second kappa shape index (κ2) is 6.72. The summed E-state index contributed by atoms with van der Waals surface area (Å²) >= 11 is 7.65. The number of rotatable bonds is 4. The highest BCUT2D eigenvalue weighted by atomic mass is 35.5. The summed E-state index contributed by atoms with van der Waals surface area (Å²) in [7, 11) is -4.04. The van der Waals surface area contributed by atoms with Gasteiger partial charge in [0.2, 0.25) is 10.0 Å². The lowest BCUT2D eigenvalue weighted by atomic mass is 10.1. The molecule has 0 fully saturated rings. The van der Waals surface area contributed by atoms with E-state index in [1.807, 2.05) is 6.07 Å². The van der Waals surface area contributed by atoms with Gasteiger partial charge in [0.25, 0.3) is 5.69 Å². The second-order valence-corrected chi connectivity index (χ2v) is 8.47. The van der Waals surface area contributed by atoms with Crippen molar-refractivity contribution < 1.29 is 13.3 Å². The summed E-state index contributed by atoms with van der Waals surface area (Å²) in [5.41, 5.74) is 0.349. The maximum Gasteiger partial charge on any atom is 0.289 e. The van der Waals surface area contributed by atoms with E-state index in [0.29, 0.717) is 11.4 Å². The molecule has 1 unspecified atom stereocenters. The largest absolute Gasteiger partial charge is 0.289 e. The van der Waals surface area contributed by atoms with E-state index >= 15 is 0 Å². The van der Waals surface area contributed by atoms with Crippen LogP contribution in [0.4, 0.5) is 5.69 Å². The van der Waals surface area contributed by atoms with Crippen molar-refractivity contribution in [3.63, 3.8) is 0 Å². The van der Waals surface area contributed by atoms with E-state index in [1.54, 1.807) is 23.9 Å². The van der Waals surface area contributed by atoms with E-state index in [1.165, 1.54) is 24.3 Å². The molecule has 0 aliphatic carbocycles. The van der Waals surface area contributed by atoms with Gasteiger partial charge < -0.3 is 0 Å². The fourth-order valence-corrected chi connectivity index (χ4v) is 5.28. The highest BCUT2D eigenvalue weighted by molar-refractivity contribution is 7.99. The molecule has 1 N–H and O–H groups in total. The summed E-state index contributed by atoms with van der Waals surface area (Å²) in [6.45, 7) is 0. The van der Waals surface area contributed by atoms with Gasteiger partial charge in [0.05, 0.1) is 4.92 Å². The molecule has 0 saturated carbocycles. The monoisotopic (exact) mass is 384 g/mol. The first-order chi connectivity index (χ1) is 11.4. The van der Waals surface area contributed by atoms with Crippen LogP contribution in [-0.4, -0.2) is 19.1 Å². The Morgan fingerprint density at radius 1 is 1.25 bits per heavy atom. The molecule has 1 aliphatic heterocycles. The Kier molecular flexibility index (Phi) is 4.82. The summed E-state index contributed by atoms with van der Waals surface area (Å²) in [6, 6.07) is 10.2. The molecule has 0 aromatic heterocycles. The minimum atomic E-state index is -4.04. The molecule has 126 valence electrons. The Labute approximate surface area is 148 Å². The molecule has 0 bridgehead atoms. The lowest BCUT2D eigenvalue weighted by Crippen LogP contribution is -2.31. The number of halogens is 1. The first-order valence-electron chi connectivity index (χ1n) is 7.06. The SMILES string of the molecule is O=[N+]([O-])c1ccccc1S(=O)(=O)NC1CCSc2ccc(Cl)cc21. The van der Waals surface area contributed by atoms with Gasteiger partial charge >= 0.3 is 0 Å². The molecule has 3 rings (SSSR count). The number of nitro benzene ring substituents is 1. The lowest BCUT2D eigenvalue weighted by molar-refractivity contribution is -0.387. The number of nitrogens with zero attached hydrogens (tertiary/aromatic N) is 1. The number of sulfonamides is 1. The Hall–Kier alpha value is -1.61. The minimum Gasteiger partial charge on any atom is -0.258 e. The molecule has 9 heteroatoms. The summed E-state index contributed by atoms with van der Waals surface area (Å²) in [5, 5.41) is 11.6. The quantitative estimate of drug-likeness (QED) is 0.640. The molecule has 0 saturated heterocycles. The van der Waals surface area contributed by atoms with Crippen molar-refractivity contribution in [2.75, 3.05) is 5.75 Å². The molecule has 1 aliphatic rings. The predicted octanol–water partition coefficient (Wildman–Crippen LogP) is 3.76. The van der Waals surface area contributed by atoms with Gasteiger partial charge in [0, 0.05) is 22.0 Å². The van der Waals surface area contributed by atoms with Crippen molar-refractivity contribution >= 4 is 39.1 Å². The number of nitro groups is 1. The van der Waals surface area contributed by atoms with E-state index in [4.69, 9.17) is 11.6 Å². The maximum absolute atomic E-state index is 12.7. The second-order valence-electron chi connectivity index (χ2n) is 5.22. The molecule has 0 spiro atoms. The third-order valence-corrected chi connectivity index (χ3v) is 6.54. The van der Waals surface area contributed by atoms with Crippen molar-refractivity contribution in [1.29, 1.82) is 0 Å². The topological polar surface area (TPSA) is 89.3 Å². The molecule has 1 atom stereocenters. The summed E-state index contributed by atoms with van der Waals surface area (Å²) in [4.78, 5) is 11.0. The van der Waals surface area contributed by atoms with Crippen LogP contribution < -0.4 is 4.72 Å². The van der Waals surface area contributed by atoms with Crippen LogP contribution in [0.25, 0.3) is 0 Å². The van der Waals surface area contributed by atoms with Gasteiger partial charge in [-0.2, -0.15) is 0 Å². The van der Waals surface area contributed by atoms with E-state index < -0.39 is 26.7 Å². The summed E-state index contributed by atoms with van der Waals surface area (Å²) in [6.07, 6.45) is 0.581. The third-order valence-electron chi connectivity index (χ3n) is 3.66. The molecule has 6 nitrogen and oxygen atoms in total. The number of para-hydroxylation sites is 1. The minimum absolute atomic E-state index is 0.336. The van der Waals surface area contributed by atoms with Crippen LogP contribution >= 0.6 is 23.4 Å². The van der Waals surface area contributed by atoms with E-state index in [-0.39, 0.29) is 4.90 Å². The average molecular weight is 385 g/mol. The number of nitrogens with one attached hydrogen (secondary N) is 1. The third kappa shape index (κ3) is 3.41. The lowest BCUT2D eigenvalue weighted by Gasteiger charge is -2.26. The predicted molar refractivity (Wildman–Crippen MR) is 93.0 cm³/mol. The fraction of sp³-hybridized carbons (Fsp3) is 0.200. The Bertz CT molecular complexity index is 902. The first-order valence-corrected chi connectivity index (χ1v) is 9.91. The van der Waals surface area contributed by atoms with Crippen molar-refractivity contribution in [3.8, 4) is 0 Å². The Balaban J connectivity index is 1.98. The van der Waals surface area contributed by atoms with E-state index in [9.17, 15) is 18.5 Å². The van der Waals surface area contributed by atoms with Gasteiger partial charge in [-0.05, 0) is 42.0 Å². The molecular weight excluding hydrogens is 372 g/mol. The van der Waals surface area contributed by atoms with Crippen molar-refractivity contribution in [3.05, 3.63) is 63.2 Å². The van der Waals surface area contributed by atoms with Crippen LogP contribution in [0.1, 0.15) is 18.0 Å². The zero-order valence-corrected chi connectivity index (χ0v) is 14.7. The summed E-state index contributed by atoms with van der Waals surface area (Å²) < 4.78 is 27.9. The van der Waals surface area contributed by atoms with Crippen LogP contribution in [0.15, 0.2) is 52.3 Å². The molecule has 1 heterocycles. The zero-order chi connectivity index (χ0) is 17.3. The molecular formula is C15H13ClN2O4S2. The maximum atomic E-state index is 12.7. The fourth-order valence-electron chi connectivity index (χ4n) is 2.57. The average Bonchev–Trinajstić information content (AvgIpc) is 2.55. The van der Waals surface area contributed by atoms with E-state index in [2.05, 4.69) is 4.72 Å². The zero-order valence-electron chi connectivity index (χ0n) is 12.3. The van der Waals surface area contributed by atoms with Crippen LogP contribution in [0, 0.1) is 10.1 Å². The molecule has 2 aromatic rings. The first kappa shape index (κ1) is 17.2. The number of thioether (sulfide) groups is 1.